The lowest BCUT2D eigenvalue weighted by molar-refractivity contribution is 0.0951. The quantitative estimate of drug-likeness (QED) is 0.430. The van der Waals surface area contributed by atoms with Gasteiger partial charge in [-0.3, -0.25) is 0 Å². The highest BCUT2D eigenvalue weighted by atomic mass is 28.4. The average molecular weight is 314 g/mol. The van der Waals surface area contributed by atoms with E-state index in [4.69, 9.17) is 14.0 Å². The molecule has 0 saturated carbocycles. The molecule has 0 radical (unpaired) electrons. The van der Waals surface area contributed by atoms with E-state index in [-0.39, 0.29) is 17.1 Å². The number of methoxy groups -OCH3 is 1. The largest absolute Gasteiger partial charge is 0.547 e. The van der Waals surface area contributed by atoms with Gasteiger partial charge in [-0.15, -0.1) is 0 Å². The molecule has 0 fully saturated rings. The van der Waals surface area contributed by atoms with Crippen LogP contribution < -0.4 is 0 Å². The molecule has 4 nitrogen and oxygen atoms in total. The number of ether oxygens (including phenoxy) is 1. The third-order valence-corrected chi connectivity index (χ3v) is 9.07. The molecule has 0 unspecified atom stereocenters. The van der Waals surface area contributed by atoms with E-state index < -0.39 is 8.32 Å². The Labute approximate surface area is 130 Å². The van der Waals surface area contributed by atoms with Crippen molar-refractivity contribution in [2.24, 2.45) is 11.1 Å². The second-order valence-corrected chi connectivity index (χ2v) is 12.0. The molecule has 1 aliphatic rings. The van der Waals surface area contributed by atoms with Crippen molar-refractivity contribution in [2.75, 3.05) is 14.2 Å². The fraction of sp³-hybridized carbons (Fsp3) is 0.812. The summed E-state index contributed by atoms with van der Waals surface area (Å²) in [7, 11) is 1.54. The van der Waals surface area contributed by atoms with E-state index in [9.17, 15) is 0 Å². The van der Waals surface area contributed by atoms with Crippen LogP contribution in [0.25, 0.3) is 0 Å². The minimum atomic E-state index is -1.78. The van der Waals surface area contributed by atoms with E-state index in [1.807, 2.05) is 6.92 Å². The van der Waals surface area contributed by atoms with Gasteiger partial charge >= 0.3 is 0 Å². The van der Waals surface area contributed by atoms with Crippen molar-refractivity contribution >= 4 is 14.0 Å². The predicted octanol–water partition coefficient (Wildman–Crippen LogP) is 4.34. The first-order chi connectivity index (χ1) is 9.62. The van der Waals surface area contributed by atoms with Gasteiger partial charge in [0.1, 0.15) is 7.11 Å². The minimum absolute atomic E-state index is 0.0115. The first kappa shape index (κ1) is 18.2. The van der Waals surface area contributed by atoms with Crippen LogP contribution in [0.3, 0.4) is 0 Å². The van der Waals surface area contributed by atoms with Crippen molar-refractivity contribution in [1.82, 2.24) is 0 Å². The Kier molecular flexibility index (Phi) is 6.05. The van der Waals surface area contributed by atoms with Gasteiger partial charge < -0.3 is 14.0 Å². The Bertz CT molecular complexity index is 410. The van der Waals surface area contributed by atoms with Crippen LogP contribution in [0, 0.1) is 5.92 Å². The molecule has 5 heteroatoms. The van der Waals surface area contributed by atoms with E-state index in [1.54, 1.807) is 14.2 Å². The average Bonchev–Trinajstić information content (AvgIpc) is 2.37. The molecule has 0 aromatic rings. The molecule has 0 spiro atoms. The molecule has 0 aliphatic heterocycles. The summed E-state index contributed by atoms with van der Waals surface area (Å²) < 4.78 is 12.0. The molecule has 1 rings (SSSR count). The van der Waals surface area contributed by atoms with Gasteiger partial charge in [0.2, 0.25) is 8.32 Å². The van der Waals surface area contributed by atoms with Crippen LogP contribution in [0.15, 0.2) is 17.0 Å². The van der Waals surface area contributed by atoms with Gasteiger partial charge in [0.05, 0.1) is 17.6 Å². The normalized spacial score (nSPS) is 24.6. The van der Waals surface area contributed by atoms with Crippen LogP contribution in [0.4, 0.5) is 0 Å². The molecule has 0 aromatic heterocycles. The summed E-state index contributed by atoms with van der Waals surface area (Å²) in [6, 6.07) is 0. The third kappa shape index (κ3) is 4.58. The maximum absolute atomic E-state index is 6.41. The van der Waals surface area contributed by atoms with Crippen LogP contribution in [0.5, 0.6) is 0 Å². The summed E-state index contributed by atoms with van der Waals surface area (Å²) in [5, 5.41) is 4.27. The summed E-state index contributed by atoms with van der Waals surface area (Å²) in [5.41, 5.74) is 0.979. The second-order valence-electron chi connectivity index (χ2n) is 7.26. The van der Waals surface area contributed by atoms with Gasteiger partial charge in [-0.25, -0.2) is 0 Å². The summed E-state index contributed by atoms with van der Waals surface area (Å²) in [4.78, 5) is 4.89. The molecule has 2 atom stereocenters. The van der Waals surface area contributed by atoms with Crippen LogP contribution in [-0.2, 0) is 14.0 Å². The molecule has 0 N–H and O–H groups in total. The molecule has 122 valence electrons. The topological polar surface area (TPSA) is 40.0 Å². The molecule has 0 heterocycles. The molecule has 0 aromatic carbocycles. The molecular weight excluding hydrogens is 282 g/mol. The van der Waals surface area contributed by atoms with E-state index in [1.165, 1.54) is 0 Å². The summed E-state index contributed by atoms with van der Waals surface area (Å²) in [5.74, 6) is 1.34. The zero-order valence-corrected chi connectivity index (χ0v) is 15.8. The number of hydrogen-bond donors (Lipinski definition) is 0. The molecular formula is C16H31NO3Si. The Balaban J connectivity index is 2.87. The minimum Gasteiger partial charge on any atom is -0.547 e. The highest BCUT2D eigenvalue weighted by Gasteiger charge is 2.40. The third-order valence-electron chi connectivity index (χ3n) is 4.68. The number of oxime groups is 1. The fourth-order valence-corrected chi connectivity index (χ4v) is 3.43. The van der Waals surface area contributed by atoms with Gasteiger partial charge in [0.15, 0.2) is 0 Å². The summed E-state index contributed by atoms with van der Waals surface area (Å²) in [6.45, 7) is 13.3. The number of allylic oxidation sites excluding steroid dienone is 1. The van der Waals surface area contributed by atoms with Crippen LogP contribution in [-0.4, -0.2) is 34.4 Å². The monoisotopic (exact) mass is 313 g/mol. The zero-order chi connectivity index (χ0) is 16.3. The lowest BCUT2D eigenvalue weighted by Gasteiger charge is -2.39. The Morgan fingerprint density at radius 1 is 1.29 bits per heavy atom. The smallest absolute Gasteiger partial charge is 0.250 e. The van der Waals surface area contributed by atoms with Gasteiger partial charge in [-0.1, -0.05) is 25.9 Å². The first-order valence-corrected chi connectivity index (χ1v) is 10.5. The molecule has 21 heavy (non-hydrogen) atoms. The molecule has 0 amide bonds. The second kappa shape index (κ2) is 6.96. The highest BCUT2D eigenvalue weighted by Crippen LogP contribution is 2.40. The van der Waals surface area contributed by atoms with Crippen LogP contribution >= 0.6 is 0 Å². The van der Waals surface area contributed by atoms with E-state index in [0.717, 1.165) is 24.3 Å². The standard InChI is InChI=1S/C16H31NO3Si/c1-12(17-19-6)14-10-9-13(11-15(14)18-5)20-21(7,8)16(2,3)4/h11,14-15H,9-10H2,1-8H3/b17-12-/t14-,15-/m0/s1. The predicted molar refractivity (Wildman–Crippen MR) is 90.0 cm³/mol. The molecule has 0 bridgehead atoms. The molecule has 0 saturated heterocycles. The van der Waals surface area contributed by atoms with Gasteiger partial charge in [-0.05, 0) is 37.6 Å². The van der Waals surface area contributed by atoms with E-state index in [2.05, 4.69) is 45.1 Å². The van der Waals surface area contributed by atoms with Gasteiger partial charge in [0.25, 0.3) is 0 Å². The zero-order valence-electron chi connectivity index (χ0n) is 14.8. The van der Waals surface area contributed by atoms with Crippen LogP contribution in [0.1, 0.15) is 40.5 Å². The van der Waals surface area contributed by atoms with Crippen molar-refractivity contribution in [2.45, 2.75) is 64.8 Å². The van der Waals surface area contributed by atoms with Crippen molar-refractivity contribution in [3.05, 3.63) is 11.8 Å². The Hall–Kier alpha value is -0.813. The number of rotatable bonds is 5. The van der Waals surface area contributed by atoms with Crippen molar-refractivity contribution in [3.8, 4) is 0 Å². The van der Waals surface area contributed by atoms with Gasteiger partial charge in [-0.2, -0.15) is 0 Å². The lowest BCUT2D eigenvalue weighted by atomic mass is 9.87. The number of hydrogen-bond acceptors (Lipinski definition) is 4. The Morgan fingerprint density at radius 2 is 1.90 bits per heavy atom. The first-order valence-electron chi connectivity index (χ1n) is 7.62. The fourth-order valence-electron chi connectivity index (χ4n) is 2.30. The van der Waals surface area contributed by atoms with Gasteiger partial charge in [0, 0.05) is 19.4 Å². The van der Waals surface area contributed by atoms with Crippen LogP contribution in [0.2, 0.25) is 18.1 Å². The van der Waals surface area contributed by atoms with E-state index >= 15 is 0 Å². The summed E-state index contributed by atoms with van der Waals surface area (Å²) in [6.07, 6.45) is 4.06. The van der Waals surface area contributed by atoms with E-state index in [0.29, 0.717) is 0 Å². The van der Waals surface area contributed by atoms with Crippen molar-refractivity contribution < 1.29 is 14.0 Å². The maximum atomic E-state index is 6.41. The SMILES string of the molecule is CO/N=C(/C)[C@@H]1CCC(O[Si](C)(C)C(C)(C)C)=C[C@@H]1OC. The van der Waals surface area contributed by atoms with Crippen molar-refractivity contribution in [1.29, 1.82) is 0 Å². The number of nitrogens with zero attached hydrogens (tertiary/aromatic N) is 1. The Morgan fingerprint density at radius 3 is 2.38 bits per heavy atom. The maximum Gasteiger partial charge on any atom is 0.250 e. The molecule has 1 aliphatic carbocycles. The highest BCUT2D eigenvalue weighted by molar-refractivity contribution is 6.74. The summed E-state index contributed by atoms with van der Waals surface area (Å²) >= 11 is 0. The lowest BCUT2D eigenvalue weighted by Crippen LogP contribution is -2.41. The van der Waals surface area contributed by atoms with Crippen molar-refractivity contribution in [3.63, 3.8) is 0 Å².